The number of para-hydroxylation sites is 1. The molecule has 1 aromatic carbocycles. The normalized spacial score (nSPS) is 17.0. The van der Waals surface area contributed by atoms with Crippen molar-refractivity contribution in [1.82, 2.24) is 14.5 Å². The molecule has 1 fully saturated rings. The first kappa shape index (κ1) is 16.0. The number of amides is 1. The molecule has 1 atom stereocenters. The largest absolute Gasteiger partial charge is 0.489 e. The predicted octanol–water partition coefficient (Wildman–Crippen LogP) is 0.607. The summed E-state index contributed by atoms with van der Waals surface area (Å²) >= 11 is 0. The van der Waals surface area contributed by atoms with Crippen LogP contribution in [0.15, 0.2) is 52.2 Å². The Morgan fingerprint density at radius 2 is 2.00 bits per heavy atom. The van der Waals surface area contributed by atoms with Gasteiger partial charge >= 0.3 is 5.69 Å². The summed E-state index contributed by atoms with van der Waals surface area (Å²) in [5.74, 6) is 0.781. The van der Waals surface area contributed by atoms with Gasteiger partial charge in [0.25, 0.3) is 5.56 Å². The first-order valence-corrected chi connectivity index (χ1v) is 7.91. The van der Waals surface area contributed by atoms with Crippen LogP contribution in [0.4, 0.5) is 0 Å². The van der Waals surface area contributed by atoms with Crippen LogP contribution in [0.25, 0.3) is 0 Å². The highest BCUT2D eigenvalue weighted by atomic mass is 16.5. The van der Waals surface area contributed by atoms with Crippen LogP contribution >= 0.6 is 0 Å². The number of H-pyrrole nitrogens is 1. The lowest BCUT2D eigenvalue weighted by Gasteiger charge is -2.17. The van der Waals surface area contributed by atoms with Crippen molar-refractivity contribution in [1.29, 1.82) is 0 Å². The van der Waals surface area contributed by atoms with Gasteiger partial charge in [-0.15, -0.1) is 0 Å². The van der Waals surface area contributed by atoms with Gasteiger partial charge in [-0.1, -0.05) is 18.2 Å². The minimum atomic E-state index is -0.498. The second-order valence-corrected chi connectivity index (χ2v) is 5.73. The van der Waals surface area contributed by atoms with Gasteiger partial charge in [0, 0.05) is 38.2 Å². The van der Waals surface area contributed by atoms with Crippen LogP contribution in [-0.4, -0.2) is 39.6 Å². The molecule has 2 aromatic rings. The molecule has 0 aliphatic carbocycles. The van der Waals surface area contributed by atoms with Gasteiger partial charge in [0.15, 0.2) is 0 Å². The summed E-state index contributed by atoms with van der Waals surface area (Å²) in [6.07, 6.45) is 2.40. The molecule has 0 radical (unpaired) electrons. The van der Waals surface area contributed by atoms with E-state index in [0.717, 1.165) is 12.2 Å². The zero-order valence-corrected chi connectivity index (χ0v) is 13.2. The molecule has 1 amide bonds. The number of hydrogen-bond donors (Lipinski definition) is 1. The molecule has 126 valence electrons. The molecule has 0 saturated carbocycles. The van der Waals surface area contributed by atoms with E-state index in [0.29, 0.717) is 13.1 Å². The van der Waals surface area contributed by atoms with Gasteiger partial charge in [0.05, 0.1) is 6.54 Å². The van der Waals surface area contributed by atoms with E-state index in [1.807, 2.05) is 30.3 Å². The minimum Gasteiger partial charge on any atom is -0.489 e. The Kier molecular flexibility index (Phi) is 4.79. The average molecular weight is 329 g/mol. The smallest absolute Gasteiger partial charge is 0.328 e. The second-order valence-electron chi connectivity index (χ2n) is 5.73. The van der Waals surface area contributed by atoms with Crippen LogP contribution < -0.4 is 16.0 Å². The fourth-order valence-electron chi connectivity index (χ4n) is 2.74. The van der Waals surface area contributed by atoms with Crippen LogP contribution in [0.3, 0.4) is 0 Å². The number of nitrogens with one attached hydrogen (secondary N) is 1. The zero-order chi connectivity index (χ0) is 16.9. The Labute approximate surface area is 138 Å². The molecule has 1 aromatic heterocycles. The molecule has 1 N–H and O–H groups in total. The maximum Gasteiger partial charge on any atom is 0.328 e. The summed E-state index contributed by atoms with van der Waals surface area (Å²) in [4.78, 5) is 38.8. The number of carbonyl (C=O) groups excluding carboxylic acids is 1. The van der Waals surface area contributed by atoms with E-state index in [2.05, 4.69) is 4.98 Å². The SMILES string of the molecule is O=C(CCn1ccc(=O)[nH]c1=O)N1CC[C@H](Oc2ccccc2)C1. The molecule has 1 aliphatic heterocycles. The molecule has 2 heterocycles. The van der Waals surface area contributed by atoms with Crippen LogP contribution in [0.5, 0.6) is 5.75 Å². The molecule has 24 heavy (non-hydrogen) atoms. The Bertz CT molecular complexity index is 812. The van der Waals surface area contributed by atoms with Crippen molar-refractivity contribution in [3.8, 4) is 5.75 Å². The van der Waals surface area contributed by atoms with Gasteiger partial charge in [-0.05, 0) is 12.1 Å². The average Bonchev–Trinajstić information content (AvgIpc) is 3.03. The summed E-state index contributed by atoms with van der Waals surface area (Å²) in [5, 5.41) is 0. The Balaban J connectivity index is 1.51. The Morgan fingerprint density at radius 1 is 1.21 bits per heavy atom. The number of aryl methyl sites for hydroxylation is 1. The van der Waals surface area contributed by atoms with Gasteiger partial charge < -0.3 is 14.2 Å². The van der Waals surface area contributed by atoms with Gasteiger partial charge in [-0.3, -0.25) is 14.6 Å². The molecule has 1 aliphatic rings. The molecule has 0 bridgehead atoms. The lowest BCUT2D eigenvalue weighted by Crippen LogP contribution is -2.34. The van der Waals surface area contributed by atoms with Crippen LogP contribution in [0.2, 0.25) is 0 Å². The van der Waals surface area contributed by atoms with E-state index in [9.17, 15) is 14.4 Å². The van der Waals surface area contributed by atoms with E-state index in [1.165, 1.54) is 16.8 Å². The predicted molar refractivity (Wildman–Crippen MR) is 88.0 cm³/mol. The van der Waals surface area contributed by atoms with Crippen molar-refractivity contribution < 1.29 is 9.53 Å². The summed E-state index contributed by atoms with van der Waals surface area (Å²) in [6.45, 7) is 1.44. The minimum absolute atomic E-state index is 0.00727. The van der Waals surface area contributed by atoms with Crippen molar-refractivity contribution in [2.45, 2.75) is 25.5 Å². The van der Waals surface area contributed by atoms with E-state index >= 15 is 0 Å². The highest BCUT2D eigenvalue weighted by molar-refractivity contribution is 5.76. The van der Waals surface area contributed by atoms with E-state index in [-0.39, 0.29) is 25.0 Å². The second kappa shape index (κ2) is 7.16. The number of likely N-dealkylation sites (tertiary alicyclic amines) is 1. The zero-order valence-electron chi connectivity index (χ0n) is 13.2. The third kappa shape index (κ3) is 3.92. The molecule has 7 nitrogen and oxygen atoms in total. The van der Waals surface area contributed by atoms with Gasteiger partial charge in [0.2, 0.25) is 5.91 Å². The lowest BCUT2D eigenvalue weighted by molar-refractivity contribution is -0.130. The summed E-state index contributed by atoms with van der Waals surface area (Å²) < 4.78 is 7.19. The molecular weight excluding hydrogens is 310 g/mol. The molecule has 1 saturated heterocycles. The fourth-order valence-corrected chi connectivity index (χ4v) is 2.74. The molecule has 7 heteroatoms. The van der Waals surface area contributed by atoms with E-state index in [4.69, 9.17) is 4.74 Å². The summed E-state index contributed by atoms with van der Waals surface area (Å²) in [5.41, 5.74) is -0.940. The standard InChI is InChI=1S/C17H19N3O4/c21-15-7-10-19(17(23)18-15)11-8-16(22)20-9-6-14(12-20)24-13-4-2-1-3-5-13/h1-5,7,10,14H,6,8-9,11-12H2,(H,18,21,23)/t14-/m0/s1. The van der Waals surface area contributed by atoms with Gasteiger partial charge in [-0.2, -0.15) is 0 Å². The number of rotatable bonds is 5. The fraction of sp³-hybridized carbons (Fsp3) is 0.353. The molecular formula is C17H19N3O4. The molecule has 0 spiro atoms. The Morgan fingerprint density at radius 3 is 2.75 bits per heavy atom. The summed E-state index contributed by atoms with van der Waals surface area (Å²) in [7, 11) is 0. The van der Waals surface area contributed by atoms with Crippen LogP contribution in [0, 0.1) is 0 Å². The summed E-state index contributed by atoms with van der Waals surface area (Å²) in [6, 6.07) is 10.8. The number of nitrogens with zero attached hydrogens (tertiary/aromatic N) is 2. The third-order valence-electron chi connectivity index (χ3n) is 4.01. The van der Waals surface area contributed by atoms with Gasteiger partial charge in [-0.25, -0.2) is 4.79 Å². The highest BCUT2D eigenvalue weighted by Crippen LogP contribution is 2.18. The Hall–Kier alpha value is -2.83. The number of aromatic nitrogens is 2. The van der Waals surface area contributed by atoms with Crippen molar-refractivity contribution in [2.75, 3.05) is 13.1 Å². The van der Waals surface area contributed by atoms with Crippen molar-refractivity contribution in [3.63, 3.8) is 0 Å². The van der Waals surface area contributed by atoms with Crippen molar-refractivity contribution in [3.05, 3.63) is 63.4 Å². The maximum atomic E-state index is 12.3. The third-order valence-corrected chi connectivity index (χ3v) is 4.01. The van der Waals surface area contributed by atoms with Crippen LogP contribution in [0.1, 0.15) is 12.8 Å². The topological polar surface area (TPSA) is 84.4 Å². The van der Waals surface area contributed by atoms with Gasteiger partial charge in [0.1, 0.15) is 11.9 Å². The number of hydrogen-bond acceptors (Lipinski definition) is 4. The molecule has 3 rings (SSSR count). The highest BCUT2D eigenvalue weighted by Gasteiger charge is 2.27. The van der Waals surface area contributed by atoms with E-state index in [1.54, 1.807) is 4.90 Å². The first-order valence-electron chi connectivity index (χ1n) is 7.91. The van der Waals surface area contributed by atoms with Crippen molar-refractivity contribution in [2.24, 2.45) is 0 Å². The molecule has 0 unspecified atom stereocenters. The maximum absolute atomic E-state index is 12.3. The van der Waals surface area contributed by atoms with E-state index < -0.39 is 11.2 Å². The number of carbonyl (C=O) groups is 1. The van der Waals surface area contributed by atoms with Crippen molar-refractivity contribution >= 4 is 5.91 Å². The quantitative estimate of drug-likeness (QED) is 0.871. The van der Waals surface area contributed by atoms with Crippen LogP contribution in [-0.2, 0) is 11.3 Å². The monoisotopic (exact) mass is 329 g/mol. The number of aromatic amines is 1. The lowest BCUT2D eigenvalue weighted by atomic mass is 10.3. The number of ether oxygens (including phenoxy) is 1. The first-order chi connectivity index (χ1) is 11.6. The number of benzene rings is 1.